The fourth-order valence-electron chi connectivity index (χ4n) is 2.05. The first-order chi connectivity index (χ1) is 10.1. The van der Waals surface area contributed by atoms with E-state index in [0.29, 0.717) is 16.1 Å². The lowest BCUT2D eigenvalue weighted by atomic mass is 10.2. The van der Waals surface area contributed by atoms with Crippen molar-refractivity contribution in [3.63, 3.8) is 0 Å². The van der Waals surface area contributed by atoms with Gasteiger partial charge in [-0.15, -0.1) is 0 Å². The van der Waals surface area contributed by atoms with Crippen molar-refractivity contribution < 1.29 is 8.42 Å². The van der Waals surface area contributed by atoms with Gasteiger partial charge >= 0.3 is 0 Å². The molecular weight excluding hydrogens is 310 g/mol. The first-order valence-corrected chi connectivity index (χ1v) is 8.09. The lowest BCUT2D eigenvalue weighted by Crippen LogP contribution is -2.23. The lowest BCUT2D eigenvalue weighted by Gasteiger charge is -2.07. The number of benzene rings is 1. The molecule has 0 saturated carbocycles. The van der Waals surface area contributed by atoms with E-state index in [1.54, 1.807) is 36.5 Å². The van der Waals surface area contributed by atoms with Gasteiger partial charge in [0.05, 0.1) is 0 Å². The molecule has 2 aromatic heterocycles. The minimum atomic E-state index is -3.64. The van der Waals surface area contributed by atoms with E-state index in [1.807, 2.05) is 6.07 Å². The van der Waals surface area contributed by atoms with Gasteiger partial charge in [-0.2, -0.15) is 0 Å². The number of nitrogens with zero attached hydrogens (tertiary/aromatic N) is 1. The third-order valence-corrected chi connectivity index (χ3v) is 4.92. The van der Waals surface area contributed by atoms with Crippen LogP contribution in [-0.2, 0) is 16.6 Å². The molecule has 0 saturated heterocycles. The third kappa shape index (κ3) is 2.78. The second kappa shape index (κ2) is 5.48. The van der Waals surface area contributed by atoms with Crippen molar-refractivity contribution in [2.75, 3.05) is 0 Å². The molecule has 0 fully saturated rings. The summed E-state index contributed by atoms with van der Waals surface area (Å²) in [5.41, 5.74) is 1.26. The monoisotopic (exact) mass is 321 g/mol. The van der Waals surface area contributed by atoms with Gasteiger partial charge in [-0.25, -0.2) is 18.1 Å². The predicted octanol–water partition coefficient (Wildman–Crippen LogP) is 2.69. The number of fused-ring (bicyclic) bond motifs is 1. The summed E-state index contributed by atoms with van der Waals surface area (Å²) >= 11 is 6.02. The number of H-pyrrole nitrogens is 1. The Labute approximate surface area is 127 Å². The van der Waals surface area contributed by atoms with Crippen molar-refractivity contribution in [1.29, 1.82) is 0 Å². The maximum Gasteiger partial charge on any atom is 0.243 e. The summed E-state index contributed by atoms with van der Waals surface area (Å²) in [7, 11) is -3.64. The molecule has 108 valence electrons. The highest BCUT2D eigenvalue weighted by atomic mass is 35.5. The molecule has 3 aromatic rings. The van der Waals surface area contributed by atoms with E-state index in [-0.39, 0.29) is 11.4 Å². The molecule has 0 atom stereocenters. The molecule has 2 heterocycles. The summed E-state index contributed by atoms with van der Waals surface area (Å²) < 4.78 is 27.3. The molecule has 0 aliphatic rings. The minimum Gasteiger partial charge on any atom is -0.345 e. The zero-order chi connectivity index (χ0) is 14.9. The standard InChI is InChI=1S/C14H12ClN3O2S/c15-12-6-2-1-4-10(12)8-18-21(19,20)13-9-17-14-11(13)5-3-7-16-14/h1-7,9,18H,8H2,(H,16,17). The van der Waals surface area contributed by atoms with Crippen LogP contribution in [0.5, 0.6) is 0 Å². The molecule has 0 bridgehead atoms. The van der Waals surface area contributed by atoms with Gasteiger partial charge in [-0.05, 0) is 23.8 Å². The van der Waals surface area contributed by atoms with Crippen LogP contribution < -0.4 is 4.72 Å². The van der Waals surface area contributed by atoms with Crippen LogP contribution in [0.3, 0.4) is 0 Å². The molecule has 0 radical (unpaired) electrons. The van der Waals surface area contributed by atoms with Crippen LogP contribution in [0.4, 0.5) is 0 Å². The highest BCUT2D eigenvalue weighted by Crippen LogP contribution is 2.21. The van der Waals surface area contributed by atoms with E-state index in [9.17, 15) is 8.42 Å². The molecule has 2 N–H and O–H groups in total. The van der Waals surface area contributed by atoms with Crippen molar-refractivity contribution in [1.82, 2.24) is 14.7 Å². The number of aromatic nitrogens is 2. The fourth-order valence-corrected chi connectivity index (χ4v) is 3.42. The van der Waals surface area contributed by atoms with Crippen molar-refractivity contribution >= 4 is 32.7 Å². The van der Waals surface area contributed by atoms with Gasteiger partial charge in [0.25, 0.3) is 0 Å². The average molecular weight is 322 g/mol. The van der Waals surface area contributed by atoms with Gasteiger partial charge < -0.3 is 4.98 Å². The average Bonchev–Trinajstić information content (AvgIpc) is 2.91. The Morgan fingerprint density at radius 3 is 2.81 bits per heavy atom. The van der Waals surface area contributed by atoms with E-state index in [1.165, 1.54) is 6.20 Å². The van der Waals surface area contributed by atoms with E-state index in [2.05, 4.69) is 14.7 Å². The number of aromatic amines is 1. The number of rotatable bonds is 4. The molecule has 7 heteroatoms. The number of pyridine rings is 1. The van der Waals surface area contributed by atoms with Crippen LogP contribution in [0.15, 0.2) is 53.7 Å². The first-order valence-electron chi connectivity index (χ1n) is 6.23. The maximum atomic E-state index is 12.4. The van der Waals surface area contributed by atoms with E-state index in [0.717, 1.165) is 5.56 Å². The maximum absolute atomic E-state index is 12.4. The minimum absolute atomic E-state index is 0.134. The molecule has 3 rings (SSSR count). The van der Waals surface area contributed by atoms with Crippen LogP contribution in [0, 0.1) is 0 Å². The zero-order valence-corrected chi connectivity index (χ0v) is 12.4. The molecular formula is C14H12ClN3O2S. The summed E-state index contributed by atoms with van der Waals surface area (Å²) in [4.78, 5) is 7.10. The Balaban J connectivity index is 1.89. The highest BCUT2D eigenvalue weighted by molar-refractivity contribution is 7.89. The van der Waals surface area contributed by atoms with Crippen molar-refractivity contribution in [3.8, 4) is 0 Å². The second-order valence-corrected chi connectivity index (χ2v) is 6.61. The van der Waals surface area contributed by atoms with Gasteiger partial charge in [-0.3, -0.25) is 0 Å². The quantitative estimate of drug-likeness (QED) is 0.775. The Bertz CT molecular complexity index is 890. The van der Waals surface area contributed by atoms with Gasteiger partial charge in [0, 0.05) is 29.3 Å². The van der Waals surface area contributed by atoms with Crippen LogP contribution in [0.2, 0.25) is 5.02 Å². The normalized spacial score (nSPS) is 11.9. The zero-order valence-electron chi connectivity index (χ0n) is 10.9. The number of sulfonamides is 1. The molecule has 0 amide bonds. The van der Waals surface area contributed by atoms with Gasteiger partial charge in [0.1, 0.15) is 10.5 Å². The molecule has 21 heavy (non-hydrogen) atoms. The van der Waals surface area contributed by atoms with Gasteiger partial charge in [-0.1, -0.05) is 29.8 Å². The third-order valence-electron chi connectivity index (χ3n) is 3.11. The Morgan fingerprint density at radius 2 is 2.00 bits per heavy atom. The lowest BCUT2D eigenvalue weighted by molar-refractivity contribution is 0.582. The molecule has 1 aromatic carbocycles. The number of halogens is 1. The number of hydrogen-bond acceptors (Lipinski definition) is 3. The summed E-state index contributed by atoms with van der Waals surface area (Å²) in [6, 6.07) is 10.5. The molecule has 0 unspecified atom stereocenters. The first kappa shape index (κ1) is 14.1. The van der Waals surface area contributed by atoms with E-state index < -0.39 is 10.0 Å². The highest BCUT2D eigenvalue weighted by Gasteiger charge is 2.19. The summed E-state index contributed by atoms with van der Waals surface area (Å²) in [6.07, 6.45) is 3.04. The SMILES string of the molecule is O=S(=O)(NCc1ccccc1Cl)c1c[nH]c2ncccc12. The fraction of sp³-hybridized carbons (Fsp3) is 0.0714. The van der Waals surface area contributed by atoms with Crippen LogP contribution in [0.25, 0.3) is 11.0 Å². The number of hydrogen-bond donors (Lipinski definition) is 2. The summed E-state index contributed by atoms with van der Waals surface area (Å²) in [5.74, 6) is 0. The van der Waals surface area contributed by atoms with Gasteiger partial charge in [0.15, 0.2) is 0 Å². The molecule has 0 aliphatic carbocycles. The van der Waals surface area contributed by atoms with Crippen molar-refractivity contribution in [2.45, 2.75) is 11.4 Å². The van der Waals surface area contributed by atoms with Crippen molar-refractivity contribution in [3.05, 3.63) is 59.4 Å². The predicted molar refractivity (Wildman–Crippen MR) is 81.6 cm³/mol. The Hall–Kier alpha value is -1.89. The van der Waals surface area contributed by atoms with Crippen molar-refractivity contribution in [2.24, 2.45) is 0 Å². The van der Waals surface area contributed by atoms with Gasteiger partial charge in [0.2, 0.25) is 10.0 Å². The Morgan fingerprint density at radius 1 is 1.19 bits per heavy atom. The summed E-state index contributed by atoms with van der Waals surface area (Å²) in [6.45, 7) is 0.134. The summed E-state index contributed by atoms with van der Waals surface area (Å²) in [5, 5.41) is 1.09. The topological polar surface area (TPSA) is 74.8 Å². The van der Waals surface area contributed by atoms with Crippen LogP contribution in [0.1, 0.15) is 5.56 Å². The second-order valence-electron chi connectivity index (χ2n) is 4.47. The molecule has 0 spiro atoms. The molecule has 0 aliphatic heterocycles. The number of nitrogens with one attached hydrogen (secondary N) is 2. The van der Waals surface area contributed by atoms with E-state index >= 15 is 0 Å². The largest absolute Gasteiger partial charge is 0.345 e. The molecule has 5 nitrogen and oxygen atoms in total. The smallest absolute Gasteiger partial charge is 0.243 e. The van der Waals surface area contributed by atoms with E-state index in [4.69, 9.17) is 11.6 Å². The Kier molecular flexibility index (Phi) is 3.67. The van der Waals surface area contributed by atoms with Crippen LogP contribution >= 0.6 is 11.6 Å². The van der Waals surface area contributed by atoms with Crippen LogP contribution in [-0.4, -0.2) is 18.4 Å².